The summed E-state index contributed by atoms with van der Waals surface area (Å²) in [5, 5.41) is 1.09. The number of aryl methyl sites for hydroxylation is 1. The third-order valence-electron chi connectivity index (χ3n) is 3.57. The van der Waals surface area contributed by atoms with Crippen LogP contribution in [-0.2, 0) is 0 Å². The monoisotopic (exact) mass is 262 g/mol. The summed E-state index contributed by atoms with van der Waals surface area (Å²) in [5.74, 6) is 1.09. The zero-order valence-corrected chi connectivity index (χ0v) is 11.9. The summed E-state index contributed by atoms with van der Waals surface area (Å²) in [6.07, 6.45) is 1.22. The normalized spacial score (nSPS) is 20.2. The van der Waals surface area contributed by atoms with Crippen LogP contribution in [0.15, 0.2) is 12.1 Å². The Bertz CT molecular complexity index is 563. The summed E-state index contributed by atoms with van der Waals surface area (Å²) in [6.45, 7) is 4.20. The first kappa shape index (κ1) is 11.9. The quantitative estimate of drug-likeness (QED) is 0.830. The lowest BCUT2D eigenvalue weighted by atomic mass is 10.2. The standard InChI is InChI=1S/C13H18N4S/c1-9-14-11-4-5-12(15-13(11)18-9)17-7-6-10(8-17)16(2)3/h4-5,10H,6-8H2,1-3H3. The number of aromatic nitrogens is 2. The first-order valence-corrected chi connectivity index (χ1v) is 7.11. The molecule has 2 aromatic rings. The maximum atomic E-state index is 4.74. The van der Waals surface area contributed by atoms with Crippen LogP contribution in [-0.4, -0.2) is 48.1 Å². The highest BCUT2D eigenvalue weighted by Gasteiger charge is 2.25. The Morgan fingerprint density at radius 1 is 1.33 bits per heavy atom. The maximum absolute atomic E-state index is 4.74. The van der Waals surface area contributed by atoms with Crippen molar-refractivity contribution in [2.75, 3.05) is 32.1 Å². The topological polar surface area (TPSA) is 32.3 Å². The lowest BCUT2D eigenvalue weighted by Gasteiger charge is -2.20. The second-order valence-electron chi connectivity index (χ2n) is 5.08. The maximum Gasteiger partial charge on any atom is 0.145 e. The van der Waals surface area contributed by atoms with Gasteiger partial charge < -0.3 is 9.80 Å². The Hall–Kier alpha value is -1.20. The molecule has 1 fully saturated rings. The minimum absolute atomic E-state index is 0.644. The first-order chi connectivity index (χ1) is 8.63. The minimum atomic E-state index is 0.644. The van der Waals surface area contributed by atoms with Crippen LogP contribution in [0, 0.1) is 6.92 Å². The fraction of sp³-hybridized carbons (Fsp3) is 0.538. The molecule has 0 saturated carbocycles. The van der Waals surface area contributed by atoms with Crippen molar-refractivity contribution in [3.63, 3.8) is 0 Å². The first-order valence-electron chi connectivity index (χ1n) is 6.29. The predicted molar refractivity (Wildman–Crippen MR) is 76.5 cm³/mol. The summed E-state index contributed by atoms with van der Waals surface area (Å²) in [4.78, 5) is 14.9. The van der Waals surface area contributed by atoms with Crippen molar-refractivity contribution in [2.24, 2.45) is 0 Å². The summed E-state index contributed by atoms with van der Waals surface area (Å²) in [7, 11) is 4.30. The van der Waals surface area contributed by atoms with E-state index in [1.807, 2.05) is 6.92 Å². The van der Waals surface area contributed by atoms with Gasteiger partial charge in [0.15, 0.2) is 0 Å². The number of thiazole rings is 1. The number of hydrogen-bond donors (Lipinski definition) is 0. The van der Waals surface area contributed by atoms with Gasteiger partial charge in [-0.05, 0) is 39.6 Å². The zero-order chi connectivity index (χ0) is 12.7. The van der Waals surface area contributed by atoms with Crippen molar-refractivity contribution in [3.8, 4) is 0 Å². The van der Waals surface area contributed by atoms with Gasteiger partial charge in [-0.25, -0.2) is 9.97 Å². The van der Waals surface area contributed by atoms with E-state index in [9.17, 15) is 0 Å². The molecule has 18 heavy (non-hydrogen) atoms. The fourth-order valence-electron chi connectivity index (χ4n) is 2.46. The van der Waals surface area contributed by atoms with Crippen LogP contribution in [0.3, 0.4) is 0 Å². The Morgan fingerprint density at radius 3 is 2.89 bits per heavy atom. The van der Waals surface area contributed by atoms with E-state index in [0.717, 1.165) is 34.3 Å². The Kier molecular flexibility index (Phi) is 2.95. The molecule has 0 N–H and O–H groups in total. The highest BCUT2D eigenvalue weighted by Crippen LogP contribution is 2.25. The molecule has 1 saturated heterocycles. The van der Waals surface area contributed by atoms with Crippen LogP contribution < -0.4 is 4.90 Å². The van der Waals surface area contributed by atoms with Gasteiger partial charge in [0.25, 0.3) is 0 Å². The molecule has 0 spiro atoms. The second-order valence-corrected chi connectivity index (χ2v) is 6.26. The van der Waals surface area contributed by atoms with Gasteiger partial charge in [0, 0.05) is 19.1 Å². The predicted octanol–water partition coefficient (Wildman–Crippen LogP) is 2.14. The molecule has 0 aliphatic carbocycles. The Labute approximate surface area is 111 Å². The summed E-state index contributed by atoms with van der Waals surface area (Å²) < 4.78 is 0. The van der Waals surface area contributed by atoms with Crippen LogP contribution in [0.1, 0.15) is 11.4 Å². The summed E-state index contributed by atoms with van der Waals surface area (Å²) in [5.41, 5.74) is 1.02. The van der Waals surface area contributed by atoms with E-state index in [2.05, 4.69) is 41.0 Å². The molecule has 5 heteroatoms. The smallest absolute Gasteiger partial charge is 0.145 e. The lowest BCUT2D eigenvalue weighted by Crippen LogP contribution is -2.31. The molecule has 0 radical (unpaired) electrons. The van der Waals surface area contributed by atoms with Crippen LogP contribution >= 0.6 is 11.3 Å². The minimum Gasteiger partial charge on any atom is -0.355 e. The molecule has 0 bridgehead atoms. The molecule has 1 aliphatic heterocycles. The molecule has 1 aliphatic rings. The molecule has 0 amide bonds. The fourth-order valence-corrected chi connectivity index (χ4v) is 3.24. The number of likely N-dealkylation sites (N-methyl/N-ethyl adjacent to an activating group) is 1. The van der Waals surface area contributed by atoms with Gasteiger partial charge >= 0.3 is 0 Å². The molecule has 0 aromatic carbocycles. The van der Waals surface area contributed by atoms with Gasteiger partial charge in [-0.3, -0.25) is 0 Å². The highest BCUT2D eigenvalue weighted by molar-refractivity contribution is 7.18. The average molecular weight is 262 g/mol. The van der Waals surface area contributed by atoms with Crippen molar-refractivity contribution < 1.29 is 0 Å². The van der Waals surface area contributed by atoms with E-state index < -0.39 is 0 Å². The number of nitrogens with zero attached hydrogens (tertiary/aromatic N) is 4. The van der Waals surface area contributed by atoms with Crippen LogP contribution in [0.25, 0.3) is 10.3 Å². The number of pyridine rings is 1. The van der Waals surface area contributed by atoms with E-state index in [0.29, 0.717) is 6.04 Å². The molecule has 3 heterocycles. The van der Waals surface area contributed by atoms with Crippen molar-refractivity contribution in [1.82, 2.24) is 14.9 Å². The molecule has 2 aromatic heterocycles. The number of anilines is 1. The molecule has 3 rings (SSSR count). The number of hydrogen-bond acceptors (Lipinski definition) is 5. The second kappa shape index (κ2) is 4.48. The van der Waals surface area contributed by atoms with Crippen molar-refractivity contribution in [3.05, 3.63) is 17.1 Å². The van der Waals surface area contributed by atoms with E-state index in [4.69, 9.17) is 4.98 Å². The SMILES string of the molecule is Cc1nc2ccc(N3CCC(N(C)C)C3)nc2s1. The summed E-state index contributed by atoms with van der Waals surface area (Å²) in [6, 6.07) is 4.83. The number of rotatable bonds is 2. The highest BCUT2D eigenvalue weighted by atomic mass is 32.1. The summed E-state index contributed by atoms with van der Waals surface area (Å²) >= 11 is 1.67. The average Bonchev–Trinajstić information content (AvgIpc) is 2.91. The molecular weight excluding hydrogens is 244 g/mol. The van der Waals surface area contributed by atoms with Crippen molar-refractivity contribution in [2.45, 2.75) is 19.4 Å². The molecule has 1 atom stereocenters. The van der Waals surface area contributed by atoms with Crippen LogP contribution in [0.5, 0.6) is 0 Å². The van der Waals surface area contributed by atoms with Crippen LogP contribution in [0.4, 0.5) is 5.82 Å². The van der Waals surface area contributed by atoms with E-state index >= 15 is 0 Å². The van der Waals surface area contributed by atoms with Gasteiger partial charge in [0.1, 0.15) is 16.2 Å². The van der Waals surface area contributed by atoms with E-state index in [1.54, 1.807) is 11.3 Å². The van der Waals surface area contributed by atoms with Gasteiger partial charge in [-0.2, -0.15) is 0 Å². The van der Waals surface area contributed by atoms with Gasteiger partial charge in [0.05, 0.1) is 5.01 Å². The van der Waals surface area contributed by atoms with Crippen molar-refractivity contribution >= 4 is 27.5 Å². The number of fused-ring (bicyclic) bond motifs is 1. The molecule has 4 nitrogen and oxygen atoms in total. The zero-order valence-electron chi connectivity index (χ0n) is 11.1. The van der Waals surface area contributed by atoms with E-state index in [1.165, 1.54) is 6.42 Å². The van der Waals surface area contributed by atoms with E-state index in [-0.39, 0.29) is 0 Å². The van der Waals surface area contributed by atoms with Crippen LogP contribution in [0.2, 0.25) is 0 Å². The lowest BCUT2D eigenvalue weighted by molar-refractivity contribution is 0.315. The largest absolute Gasteiger partial charge is 0.355 e. The molecular formula is C13H18N4S. The van der Waals surface area contributed by atoms with Gasteiger partial charge in [-0.15, -0.1) is 0 Å². The molecule has 1 unspecified atom stereocenters. The van der Waals surface area contributed by atoms with Crippen molar-refractivity contribution in [1.29, 1.82) is 0 Å². The third kappa shape index (κ3) is 2.08. The molecule has 96 valence electrons. The van der Waals surface area contributed by atoms with Gasteiger partial charge in [-0.1, -0.05) is 11.3 Å². The van der Waals surface area contributed by atoms with Gasteiger partial charge in [0.2, 0.25) is 0 Å². The third-order valence-corrected chi connectivity index (χ3v) is 4.45. The Morgan fingerprint density at radius 2 is 2.17 bits per heavy atom. The Balaban J connectivity index is 1.86.